The first-order valence-corrected chi connectivity index (χ1v) is 10.3. The quantitative estimate of drug-likeness (QED) is 0.622. The Morgan fingerprint density at radius 2 is 1.86 bits per heavy atom. The second kappa shape index (κ2) is 5.88. The highest BCUT2D eigenvalue weighted by Crippen LogP contribution is 2.25. The third-order valence-electron chi connectivity index (χ3n) is 2.78. The van der Waals surface area contributed by atoms with Gasteiger partial charge in [0, 0.05) is 11.1 Å². The van der Waals surface area contributed by atoms with Crippen LogP contribution in [0.3, 0.4) is 0 Å². The van der Waals surface area contributed by atoms with E-state index < -0.39 is 8.07 Å². The Labute approximate surface area is 131 Å². The lowest BCUT2D eigenvalue weighted by atomic mass is 10.0. The van der Waals surface area contributed by atoms with Gasteiger partial charge in [-0.1, -0.05) is 37.7 Å². The Hall–Kier alpha value is -2.83. The van der Waals surface area contributed by atoms with E-state index >= 15 is 0 Å². The molecule has 0 saturated heterocycles. The van der Waals surface area contributed by atoms with E-state index in [2.05, 4.69) is 41.1 Å². The molecule has 0 aliphatic rings. The minimum atomic E-state index is -1.45. The van der Waals surface area contributed by atoms with Crippen molar-refractivity contribution in [1.29, 1.82) is 5.26 Å². The van der Waals surface area contributed by atoms with Gasteiger partial charge in [-0.3, -0.25) is 0 Å². The van der Waals surface area contributed by atoms with Crippen LogP contribution in [-0.2, 0) is 0 Å². The fraction of sp³-hybridized carbons (Fsp3) is 0.188. The summed E-state index contributed by atoms with van der Waals surface area (Å²) < 4.78 is 0. The zero-order valence-corrected chi connectivity index (χ0v) is 13.8. The van der Waals surface area contributed by atoms with Crippen molar-refractivity contribution in [1.82, 2.24) is 9.97 Å². The zero-order chi connectivity index (χ0) is 16.3. The first-order chi connectivity index (χ1) is 10.3. The maximum absolute atomic E-state index is 9.26. The van der Waals surface area contributed by atoms with E-state index in [9.17, 15) is 5.26 Å². The standard InChI is InChI=1S/C16H17N5Si/c1-22(2,3)8-7-11-5-4-6-12(9-11)14-13(10-17)15(18)21-16(19)20-14/h4-6,9H,1-3H3,(H4,18,19,20,21). The Balaban J connectivity index is 2.56. The van der Waals surface area contributed by atoms with E-state index in [4.69, 9.17) is 11.5 Å². The second-order valence-corrected chi connectivity index (χ2v) is 10.6. The summed E-state index contributed by atoms with van der Waals surface area (Å²) in [7, 11) is -1.45. The van der Waals surface area contributed by atoms with Crippen molar-refractivity contribution in [3.05, 3.63) is 35.4 Å². The van der Waals surface area contributed by atoms with Crippen LogP contribution in [0.4, 0.5) is 11.8 Å². The molecule has 0 fully saturated rings. The first-order valence-electron chi connectivity index (χ1n) is 6.77. The van der Waals surface area contributed by atoms with Crippen LogP contribution in [0.15, 0.2) is 24.3 Å². The SMILES string of the molecule is C[Si](C)(C)C#Cc1cccc(-c2nc(N)nc(N)c2C#N)c1. The third kappa shape index (κ3) is 3.63. The number of hydrogen-bond acceptors (Lipinski definition) is 5. The van der Waals surface area contributed by atoms with Crippen molar-refractivity contribution >= 4 is 19.8 Å². The lowest BCUT2D eigenvalue weighted by Crippen LogP contribution is -2.16. The van der Waals surface area contributed by atoms with E-state index in [1.807, 2.05) is 30.3 Å². The molecule has 0 aliphatic carbocycles. The molecule has 0 amide bonds. The minimum absolute atomic E-state index is 0.0464. The summed E-state index contributed by atoms with van der Waals surface area (Å²) in [5.74, 6) is 3.32. The van der Waals surface area contributed by atoms with Crippen LogP contribution in [0.25, 0.3) is 11.3 Å². The van der Waals surface area contributed by atoms with Crippen LogP contribution in [0.5, 0.6) is 0 Å². The van der Waals surface area contributed by atoms with Gasteiger partial charge >= 0.3 is 0 Å². The highest BCUT2D eigenvalue weighted by atomic mass is 28.3. The van der Waals surface area contributed by atoms with Gasteiger partial charge in [-0.2, -0.15) is 10.2 Å². The predicted octanol–water partition coefficient (Wildman–Crippen LogP) is 2.41. The van der Waals surface area contributed by atoms with Crippen LogP contribution in [0.1, 0.15) is 11.1 Å². The molecule has 4 N–H and O–H groups in total. The molecular formula is C16H17N5Si. The molecule has 0 unspecified atom stereocenters. The average Bonchev–Trinajstić information content (AvgIpc) is 2.44. The van der Waals surface area contributed by atoms with Crippen LogP contribution in [0, 0.1) is 22.8 Å². The van der Waals surface area contributed by atoms with Crippen molar-refractivity contribution in [2.45, 2.75) is 19.6 Å². The number of nitriles is 1. The number of nitrogens with two attached hydrogens (primary N) is 2. The summed E-state index contributed by atoms with van der Waals surface area (Å²) in [5.41, 5.74) is 17.0. The van der Waals surface area contributed by atoms with Gasteiger partial charge in [0.2, 0.25) is 5.95 Å². The fourth-order valence-electron chi connectivity index (χ4n) is 1.82. The molecule has 2 rings (SSSR count). The molecule has 1 aromatic heterocycles. The molecular weight excluding hydrogens is 290 g/mol. The molecule has 110 valence electrons. The Morgan fingerprint density at radius 1 is 1.14 bits per heavy atom. The summed E-state index contributed by atoms with van der Waals surface area (Å²) in [6.45, 7) is 6.55. The summed E-state index contributed by atoms with van der Waals surface area (Å²) in [4.78, 5) is 7.97. The van der Waals surface area contributed by atoms with Crippen LogP contribution < -0.4 is 11.5 Å². The molecule has 0 atom stereocenters. The van der Waals surface area contributed by atoms with Crippen molar-refractivity contribution in [2.24, 2.45) is 0 Å². The normalized spacial score (nSPS) is 10.5. The number of benzene rings is 1. The molecule has 5 nitrogen and oxygen atoms in total. The van der Waals surface area contributed by atoms with E-state index in [1.165, 1.54) is 0 Å². The minimum Gasteiger partial charge on any atom is -0.382 e. The molecule has 0 aliphatic heterocycles. The molecule has 6 heteroatoms. The van der Waals surface area contributed by atoms with E-state index in [0.29, 0.717) is 5.69 Å². The van der Waals surface area contributed by atoms with Gasteiger partial charge in [0.1, 0.15) is 25.5 Å². The maximum Gasteiger partial charge on any atom is 0.222 e. The highest BCUT2D eigenvalue weighted by molar-refractivity contribution is 6.83. The van der Waals surface area contributed by atoms with Crippen molar-refractivity contribution in [2.75, 3.05) is 11.5 Å². The van der Waals surface area contributed by atoms with Crippen molar-refractivity contribution < 1.29 is 0 Å². The fourth-order valence-corrected chi connectivity index (χ4v) is 2.34. The molecule has 0 saturated carbocycles. The summed E-state index contributed by atoms with van der Waals surface area (Å²) in [6.07, 6.45) is 0. The van der Waals surface area contributed by atoms with Gasteiger partial charge in [0.05, 0.1) is 5.69 Å². The predicted molar refractivity (Wildman–Crippen MR) is 91.2 cm³/mol. The number of nitrogens with zero attached hydrogens (tertiary/aromatic N) is 3. The van der Waals surface area contributed by atoms with Gasteiger partial charge in [-0.25, -0.2) is 4.98 Å². The average molecular weight is 307 g/mol. The van der Waals surface area contributed by atoms with Crippen molar-refractivity contribution in [3.63, 3.8) is 0 Å². The lowest BCUT2D eigenvalue weighted by Gasteiger charge is -2.07. The first kappa shape index (κ1) is 15.6. The Kier molecular flexibility index (Phi) is 4.16. The number of anilines is 2. The number of nitrogen functional groups attached to an aromatic ring is 2. The smallest absolute Gasteiger partial charge is 0.222 e. The van der Waals surface area contributed by atoms with Gasteiger partial charge < -0.3 is 11.5 Å². The van der Waals surface area contributed by atoms with Gasteiger partial charge in [-0.05, 0) is 12.1 Å². The molecule has 0 bridgehead atoms. The third-order valence-corrected chi connectivity index (χ3v) is 3.66. The van der Waals surface area contributed by atoms with Crippen LogP contribution >= 0.6 is 0 Å². The number of aromatic nitrogens is 2. The Morgan fingerprint density at radius 3 is 2.50 bits per heavy atom. The highest BCUT2D eigenvalue weighted by Gasteiger charge is 2.13. The molecule has 1 heterocycles. The Bertz CT molecular complexity index is 819. The van der Waals surface area contributed by atoms with Gasteiger partial charge in [0.15, 0.2) is 0 Å². The van der Waals surface area contributed by atoms with Crippen molar-refractivity contribution in [3.8, 4) is 28.8 Å². The number of hydrogen-bond donors (Lipinski definition) is 2. The second-order valence-electron chi connectivity index (χ2n) is 5.88. The van der Waals surface area contributed by atoms with E-state index in [0.717, 1.165) is 11.1 Å². The topological polar surface area (TPSA) is 102 Å². The maximum atomic E-state index is 9.26. The van der Waals surface area contributed by atoms with E-state index in [1.54, 1.807) is 0 Å². The molecule has 0 spiro atoms. The number of rotatable bonds is 1. The van der Waals surface area contributed by atoms with Crippen LogP contribution in [0.2, 0.25) is 19.6 Å². The van der Waals surface area contributed by atoms with Gasteiger partial charge in [0.25, 0.3) is 0 Å². The van der Waals surface area contributed by atoms with Crippen LogP contribution in [-0.4, -0.2) is 18.0 Å². The largest absolute Gasteiger partial charge is 0.382 e. The molecule has 1 aromatic carbocycles. The zero-order valence-electron chi connectivity index (χ0n) is 12.8. The molecule has 0 radical (unpaired) electrons. The monoisotopic (exact) mass is 307 g/mol. The van der Waals surface area contributed by atoms with Gasteiger partial charge in [-0.15, -0.1) is 5.54 Å². The molecule has 2 aromatic rings. The molecule has 22 heavy (non-hydrogen) atoms. The summed E-state index contributed by atoms with van der Waals surface area (Å²) in [6, 6.07) is 9.57. The summed E-state index contributed by atoms with van der Waals surface area (Å²) in [5, 5.41) is 9.26. The lowest BCUT2D eigenvalue weighted by molar-refractivity contribution is 1.18. The summed E-state index contributed by atoms with van der Waals surface area (Å²) >= 11 is 0. The van der Waals surface area contributed by atoms with E-state index in [-0.39, 0.29) is 17.3 Å².